The summed E-state index contributed by atoms with van der Waals surface area (Å²) < 4.78 is 10.8. The Bertz CT molecular complexity index is 205. The molecule has 2 unspecified atom stereocenters. The molecule has 0 radical (unpaired) electrons. The maximum Gasteiger partial charge on any atom is 0.234 e. The molecule has 0 saturated carbocycles. The van der Waals surface area contributed by atoms with Gasteiger partial charge >= 0.3 is 0 Å². The molecule has 1 aliphatic heterocycles. The molecule has 2 atom stereocenters. The average molecular weight is 230 g/mol. The highest BCUT2D eigenvalue weighted by molar-refractivity contribution is 5.79. The van der Waals surface area contributed by atoms with E-state index < -0.39 is 0 Å². The highest BCUT2D eigenvalue weighted by Crippen LogP contribution is 2.12. The Balaban J connectivity index is 2.05. The van der Waals surface area contributed by atoms with E-state index in [1.54, 1.807) is 0 Å². The van der Waals surface area contributed by atoms with Gasteiger partial charge in [-0.2, -0.15) is 0 Å². The van der Waals surface area contributed by atoms with Gasteiger partial charge in [0.25, 0.3) is 0 Å². The number of carbonyl (C=O) groups excluding carboxylic acids is 1. The number of primary amides is 1. The zero-order chi connectivity index (χ0) is 11.8. The maximum absolute atomic E-state index is 11.0. The number of ether oxygens (including phenoxy) is 2. The SMILES string of the molecule is CCNC(CCOCC1CCOC1)C(N)=O. The van der Waals surface area contributed by atoms with Gasteiger partial charge in [0, 0.05) is 19.1 Å². The lowest BCUT2D eigenvalue weighted by molar-refractivity contribution is -0.120. The van der Waals surface area contributed by atoms with Crippen LogP contribution >= 0.6 is 0 Å². The molecule has 94 valence electrons. The van der Waals surface area contributed by atoms with E-state index >= 15 is 0 Å². The molecule has 0 bridgehead atoms. The number of carbonyl (C=O) groups is 1. The first-order chi connectivity index (χ1) is 7.74. The fourth-order valence-electron chi connectivity index (χ4n) is 1.76. The molecule has 0 aliphatic carbocycles. The van der Waals surface area contributed by atoms with E-state index in [9.17, 15) is 4.79 Å². The Morgan fingerprint density at radius 3 is 3.06 bits per heavy atom. The Hall–Kier alpha value is -0.650. The fourth-order valence-corrected chi connectivity index (χ4v) is 1.76. The van der Waals surface area contributed by atoms with Gasteiger partial charge < -0.3 is 20.5 Å². The molecule has 0 aromatic rings. The van der Waals surface area contributed by atoms with Crippen molar-refractivity contribution in [1.29, 1.82) is 0 Å². The summed E-state index contributed by atoms with van der Waals surface area (Å²) in [5.74, 6) is 0.209. The second kappa shape index (κ2) is 7.60. The zero-order valence-corrected chi connectivity index (χ0v) is 9.91. The van der Waals surface area contributed by atoms with Gasteiger partial charge in [0.1, 0.15) is 0 Å². The van der Waals surface area contributed by atoms with E-state index in [0.717, 1.165) is 32.8 Å². The topological polar surface area (TPSA) is 73.6 Å². The Kier molecular flexibility index (Phi) is 6.37. The van der Waals surface area contributed by atoms with Crippen molar-refractivity contribution in [2.24, 2.45) is 11.7 Å². The van der Waals surface area contributed by atoms with Crippen molar-refractivity contribution in [1.82, 2.24) is 5.32 Å². The Morgan fingerprint density at radius 2 is 2.50 bits per heavy atom. The van der Waals surface area contributed by atoms with Crippen LogP contribution in [0.3, 0.4) is 0 Å². The lowest BCUT2D eigenvalue weighted by Crippen LogP contribution is -2.41. The molecule has 16 heavy (non-hydrogen) atoms. The zero-order valence-electron chi connectivity index (χ0n) is 9.91. The summed E-state index contributed by atoms with van der Waals surface area (Å²) in [5, 5.41) is 3.03. The summed E-state index contributed by atoms with van der Waals surface area (Å²) >= 11 is 0. The van der Waals surface area contributed by atoms with Crippen LogP contribution in [0, 0.1) is 5.92 Å². The lowest BCUT2D eigenvalue weighted by Gasteiger charge is -2.15. The molecular formula is C11H22N2O3. The van der Waals surface area contributed by atoms with E-state index in [-0.39, 0.29) is 11.9 Å². The van der Waals surface area contributed by atoms with Gasteiger partial charge in [0.2, 0.25) is 5.91 Å². The fraction of sp³-hybridized carbons (Fsp3) is 0.909. The third-order valence-electron chi connectivity index (χ3n) is 2.72. The van der Waals surface area contributed by atoms with Crippen LogP contribution in [-0.4, -0.2) is 44.9 Å². The van der Waals surface area contributed by atoms with Crippen LogP contribution in [-0.2, 0) is 14.3 Å². The van der Waals surface area contributed by atoms with Crippen LogP contribution in [0.4, 0.5) is 0 Å². The highest BCUT2D eigenvalue weighted by Gasteiger charge is 2.17. The predicted octanol–water partition coefficient (Wildman–Crippen LogP) is -0.107. The molecule has 0 aromatic carbocycles. The number of hydrogen-bond acceptors (Lipinski definition) is 4. The molecule has 0 aromatic heterocycles. The molecule has 1 amide bonds. The normalized spacial score (nSPS) is 22.2. The van der Waals surface area contributed by atoms with Crippen molar-refractivity contribution in [3.05, 3.63) is 0 Å². The van der Waals surface area contributed by atoms with Crippen molar-refractivity contribution in [3.63, 3.8) is 0 Å². The first kappa shape index (κ1) is 13.4. The van der Waals surface area contributed by atoms with Crippen LogP contribution in [0.5, 0.6) is 0 Å². The van der Waals surface area contributed by atoms with Gasteiger partial charge in [0.15, 0.2) is 0 Å². The van der Waals surface area contributed by atoms with Gasteiger partial charge in [-0.1, -0.05) is 6.92 Å². The largest absolute Gasteiger partial charge is 0.381 e. The predicted molar refractivity (Wildman–Crippen MR) is 61.0 cm³/mol. The van der Waals surface area contributed by atoms with Crippen LogP contribution in [0.15, 0.2) is 0 Å². The van der Waals surface area contributed by atoms with Crippen LogP contribution in [0.25, 0.3) is 0 Å². The quantitative estimate of drug-likeness (QED) is 0.571. The van der Waals surface area contributed by atoms with E-state index in [1.807, 2.05) is 6.92 Å². The molecule has 1 heterocycles. The van der Waals surface area contributed by atoms with Crippen molar-refractivity contribution >= 4 is 5.91 Å². The van der Waals surface area contributed by atoms with Crippen molar-refractivity contribution in [2.45, 2.75) is 25.8 Å². The number of likely N-dealkylation sites (N-methyl/N-ethyl adjacent to an activating group) is 1. The van der Waals surface area contributed by atoms with Crippen molar-refractivity contribution in [3.8, 4) is 0 Å². The highest BCUT2D eigenvalue weighted by atomic mass is 16.5. The molecule has 5 heteroatoms. The third kappa shape index (κ3) is 4.92. The number of hydrogen-bond donors (Lipinski definition) is 2. The van der Waals surface area contributed by atoms with Crippen molar-refractivity contribution < 1.29 is 14.3 Å². The van der Waals surface area contributed by atoms with Crippen LogP contribution < -0.4 is 11.1 Å². The number of rotatable bonds is 8. The third-order valence-corrected chi connectivity index (χ3v) is 2.72. The van der Waals surface area contributed by atoms with E-state index in [1.165, 1.54) is 0 Å². The second-order valence-electron chi connectivity index (χ2n) is 4.11. The van der Waals surface area contributed by atoms with Crippen molar-refractivity contribution in [2.75, 3.05) is 33.0 Å². The van der Waals surface area contributed by atoms with Gasteiger partial charge in [-0.15, -0.1) is 0 Å². The monoisotopic (exact) mass is 230 g/mol. The summed E-state index contributed by atoms with van der Waals surface area (Å²) in [4.78, 5) is 11.0. The molecule has 1 saturated heterocycles. The minimum atomic E-state index is -0.311. The first-order valence-electron chi connectivity index (χ1n) is 5.92. The summed E-state index contributed by atoms with van der Waals surface area (Å²) in [7, 11) is 0. The number of amides is 1. The van der Waals surface area contributed by atoms with E-state index in [4.69, 9.17) is 15.2 Å². The first-order valence-corrected chi connectivity index (χ1v) is 5.92. The standard InChI is InChI=1S/C11H22N2O3/c1-2-13-10(11(12)14)4-6-16-8-9-3-5-15-7-9/h9-10,13H,2-8H2,1H3,(H2,12,14). The minimum absolute atomic E-state index is 0.273. The number of nitrogens with one attached hydrogen (secondary N) is 1. The molecular weight excluding hydrogens is 208 g/mol. The van der Waals surface area contributed by atoms with E-state index in [0.29, 0.717) is 18.9 Å². The molecule has 1 aliphatic rings. The molecule has 0 spiro atoms. The van der Waals surface area contributed by atoms with Gasteiger partial charge in [-0.3, -0.25) is 4.79 Å². The molecule has 3 N–H and O–H groups in total. The average Bonchev–Trinajstić information content (AvgIpc) is 2.75. The summed E-state index contributed by atoms with van der Waals surface area (Å²) in [6.07, 6.45) is 1.71. The van der Waals surface area contributed by atoms with Gasteiger partial charge in [-0.25, -0.2) is 0 Å². The lowest BCUT2D eigenvalue weighted by atomic mass is 10.1. The van der Waals surface area contributed by atoms with E-state index in [2.05, 4.69) is 5.32 Å². The number of nitrogens with two attached hydrogens (primary N) is 1. The summed E-state index contributed by atoms with van der Waals surface area (Å²) in [6.45, 7) is 5.62. The van der Waals surface area contributed by atoms with Crippen LogP contribution in [0.1, 0.15) is 19.8 Å². The minimum Gasteiger partial charge on any atom is -0.381 e. The Labute approximate surface area is 96.7 Å². The summed E-state index contributed by atoms with van der Waals surface area (Å²) in [5.41, 5.74) is 5.25. The molecule has 5 nitrogen and oxygen atoms in total. The summed E-state index contributed by atoms with van der Waals surface area (Å²) in [6, 6.07) is -0.273. The second-order valence-corrected chi connectivity index (χ2v) is 4.11. The van der Waals surface area contributed by atoms with Gasteiger partial charge in [-0.05, 0) is 19.4 Å². The maximum atomic E-state index is 11.0. The molecule has 1 rings (SSSR count). The molecule has 1 fully saturated rings. The Morgan fingerprint density at radius 1 is 1.69 bits per heavy atom. The smallest absolute Gasteiger partial charge is 0.234 e. The van der Waals surface area contributed by atoms with Gasteiger partial charge in [0.05, 0.1) is 19.3 Å². The van der Waals surface area contributed by atoms with Crippen LogP contribution in [0.2, 0.25) is 0 Å².